The van der Waals surface area contributed by atoms with E-state index in [2.05, 4.69) is 12.2 Å². The average Bonchev–Trinajstić information content (AvgIpc) is 2.16. The zero-order valence-corrected chi connectivity index (χ0v) is 8.23. The molecule has 2 heteroatoms. The molecule has 0 bridgehead atoms. The molecule has 3 N–H and O–H groups in total. The van der Waals surface area contributed by atoms with Crippen LogP contribution >= 0.6 is 0 Å². The number of nitrogens with one attached hydrogen (secondary N) is 1. The van der Waals surface area contributed by atoms with Gasteiger partial charge >= 0.3 is 0 Å². The summed E-state index contributed by atoms with van der Waals surface area (Å²) in [5, 5.41) is 3.61. The van der Waals surface area contributed by atoms with Crippen molar-refractivity contribution in [2.24, 2.45) is 5.73 Å². The van der Waals surface area contributed by atoms with Gasteiger partial charge in [-0.1, -0.05) is 26.2 Å². The molecule has 1 fully saturated rings. The standard InChI is InChI=1S/C10H22N2/c1-2-8-12-10(9-11)6-4-3-5-7-10/h12H,2-9,11H2,1H3. The first-order valence-electron chi connectivity index (χ1n) is 5.28. The topological polar surface area (TPSA) is 38.0 Å². The Bertz CT molecular complexity index is 117. The van der Waals surface area contributed by atoms with Gasteiger partial charge in [0.1, 0.15) is 0 Å². The molecule has 0 aromatic heterocycles. The molecular formula is C10H22N2. The van der Waals surface area contributed by atoms with E-state index < -0.39 is 0 Å². The molecule has 12 heavy (non-hydrogen) atoms. The lowest BCUT2D eigenvalue weighted by Gasteiger charge is -2.37. The molecule has 0 aromatic carbocycles. The van der Waals surface area contributed by atoms with Gasteiger partial charge in [0, 0.05) is 12.1 Å². The second-order valence-electron chi connectivity index (χ2n) is 3.97. The molecule has 0 spiro atoms. The van der Waals surface area contributed by atoms with Gasteiger partial charge in [-0.2, -0.15) is 0 Å². The Labute approximate surface area is 75.9 Å². The fraction of sp³-hybridized carbons (Fsp3) is 1.00. The van der Waals surface area contributed by atoms with Crippen molar-refractivity contribution in [3.05, 3.63) is 0 Å². The van der Waals surface area contributed by atoms with Crippen LogP contribution in [0.1, 0.15) is 45.4 Å². The Morgan fingerprint density at radius 2 is 1.92 bits per heavy atom. The Hall–Kier alpha value is -0.0800. The van der Waals surface area contributed by atoms with Crippen LogP contribution in [0.3, 0.4) is 0 Å². The zero-order chi connectivity index (χ0) is 8.86. The van der Waals surface area contributed by atoms with Crippen LogP contribution in [0.4, 0.5) is 0 Å². The summed E-state index contributed by atoms with van der Waals surface area (Å²) in [4.78, 5) is 0. The molecule has 0 saturated heterocycles. The first kappa shape index (κ1) is 10.0. The SMILES string of the molecule is CCCNC1(CN)CCCCC1. The monoisotopic (exact) mass is 170 g/mol. The van der Waals surface area contributed by atoms with E-state index in [-0.39, 0.29) is 0 Å². The molecule has 0 radical (unpaired) electrons. The molecule has 1 aliphatic rings. The van der Waals surface area contributed by atoms with Gasteiger partial charge in [-0.15, -0.1) is 0 Å². The fourth-order valence-corrected chi connectivity index (χ4v) is 2.07. The first-order chi connectivity index (χ1) is 5.83. The highest BCUT2D eigenvalue weighted by molar-refractivity contribution is 4.91. The van der Waals surface area contributed by atoms with E-state index in [9.17, 15) is 0 Å². The molecule has 0 amide bonds. The highest BCUT2D eigenvalue weighted by Gasteiger charge is 2.29. The van der Waals surface area contributed by atoms with Gasteiger partial charge < -0.3 is 11.1 Å². The molecule has 0 aromatic rings. The Balaban J connectivity index is 2.37. The Morgan fingerprint density at radius 1 is 1.25 bits per heavy atom. The van der Waals surface area contributed by atoms with Gasteiger partial charge in [0.25, 0.3) is 0 Å². The summed E-state index contributed by atoms with van der Waals surface area (Å²) in [5.74, 6) is 0. The second-order valence-corrected chi connectivity index (χ2v) is 3.97. The smallest absolute Gasteiger partial charge is 0.0304 e. The summed E-state index contributed by atoms with van der Waals surface area (Å²) in [6.45, 7) is 4.14. The van der Waals surface area contributed by atoms with Gasteiger partial charge in [-0.25, -0.2) is 0 Å². The van der Waals surface area contributed by atoms with E-state index in [1.165, 1.54) is 38.5 Å². The van der Waals surface area contributed by atoms with Crippen molar-refractivity contribution < 1.29 is 0 Å². The highest BCUT2D eigenvalue weighted by Crippen LogP contribution is 2.26. The Kier molecular flexibility index (Phi) is 4.02. The van der Waals surface area contributed by atoms with E-state index >= 15 is 0 Å². The lowest BCUT2D eigenvalue weighted by atomic mass is 9.81. The fourth-order valence-electron chi connectivity index (χ4n) is 2.07. The molecule has 0 heterocycles. The summed E-state index contributed by atoms with van der Waals surface area (Å²) < 4.78 is 0. The number of nitrogens with two attached hydrogens (primary N) is 1. The van der Waals surface area contributed by atoms with Crippen molar-refractivity contribution in [3.63, 3.8) is 0 Å². The van der Waals surface area contributed by atoms with Crippen LogP contribution in [0.15, 0.2) is 0 Å². The van der Waals surface area contributed by atoms with Gasteiger partial charge in [0.15, 0.2) is 0 Å². The molecular weight excluding hydrogens is 148 g/mol. The van der Waals surface area contributed by atoms with Crippen molar-refractivity contribution in [2.45, 2.75) is 51.0 Å². The zero-order valence-electron chi connectivity index (χ0n) is 8.23. The highest BCUT2D eigenvalue weighted by atomic mass is 15.0. The average molecular weight is 170 g/mol. The largest absolute Gasteiger partial charge is 0.329 e. The molecule has 2 nitrogen and oxygen atoms in total. The predicted octanol–water partition coefficient (Wildman–Crippen LogP) is 1.65. The number of hydrogen-bond donors (Lipinski definition) is 2. The molecule has 1 saturated carbocycles. The molecule has 72 valence electrons. The summed E-state index contributed by atoms with van der Waals surface area (Å²) in [6.07, 6.45) is 7.88. The van der Waals surface area contributed by atoms with Crippen LogP contribution in [-0.2, 0) is 0 Å². The Morgan fingerprint density at radius 3 is 2.42 bits per heavy atom. The molecule has 1 rings (SSSR count). The van der Waals surface area contributed by atoms with Crippen LogP contribution in [0.2, 0.25) is 0 Å². The van der Waals surface area contributed by atoms with Gasteiger partial charge in [0.2, 0.25) is 0 Å². The summed E-state index contributed by atoms with van der Waals surface area (Å²) >= 11 is 0. The lowest BCUT2D eigenvalue weighted by Crippen LogP contribution is -2.52. The van der Waals surface area contributed by atoms with Crippen molar-refractivity contribution in [1.29, 1.82) is 0 Å². The quantitative estimate of drug-likeness (QED) is 0.673. The third-order valence-corrected chi connectivity index (χ3v) is 2.95. The minimum Gasteiger partial charge on any atom is -0.329 e. The summed E-state index contributed by atoms with van der Waals surface area (Å²) in [6, 6.07) is 0. The third kappa shape index (κ3) is 2.46. The molecule has 0 atom stereocenters. The van der Waals surface area contributed by atoms with E-state index in [4.69, 9.17) is 5.73 Å². The maximum Gasteiger partial charge on any atom is 0.0304 e. The van der Waals surface area contributed by atoms with Gasteiger partial charge in [-0.3, -0.25) is 0 Å². The first-order valence-corrected chi connectivity index (χ1v) is 5.28. The van der Waals surface area contributed by atoms with Crippen LogP contribution in [0, 0.1) is 0 Å². The summed E-state index contributed by atoms with van der Waals surface area (Å²) in [7, 11) is 0. The van der Waals surface area contributed by atoms with Gasteiger partial charge in [-0.05, 0) is 25.8 Å². The molecule has 0 aliphatic heterocycles. The van der Waals surface area contributed by atoms with Gasteiger partial charge in [0.05, 0.1) is 0 Å². The van der Waals surface area contributed by atoms with Crippen molar-refractivity contribution >= 4 is 0 Å². The van der Waals surface area contributed by atoms with Crippen LogP contribution in [0.25, 0.3) is 0 Å². The van der Waals surface area contributed by atoms with Crippen molar-refractivity contribution in [3.8, 4) is 0 Å². The summed E-state index contributed by atoms with van der Waals surface area (Å²) in [5.41, 5.74) is 6.12. The minimum absolute atomic E-state index is 0.300. The van der Waals surface area contributed by atoms with Crippen LogP contribution < -0.4 is 11.1 Å². The van der Waals surface area contributed by atoms with E-state index in [1.54, 1.807) is 0 Å². The van der Waals surface area contributed by atoms with Crippen LogP contribution in [0.5, 0.6) is 0 Å². The lowest BCUT2D eigenvalue weighted by molar-refractivity contribution is 0.239. The van der Waals surface area contributed by atoms with E-state index in [0.717, 1.165) is 13.1 Å². The van der Waals surface area contributed by atoms with Crippen molar-refractivity contribution in [1.82, 2.24) is 5.32 Å². The molecule has 1 aliphatic carbocycles. The molecule has 0 unspecified atom stereocenters. The van der Waals surface area contributed by atoms with E-state index in [1.807, 2.05) is 0 Å². The number of hydrogen-bond acceptors (Lipinski definition) is 2. The number of rotatable bonds is 4. The van der Waals surface area contributed by atoms with Crippen molar-refractivity contribution in [2.75, 3.05) is 13.1 Å². The second kappa shape index (κ2) is 4.83. The van der Waals surface area contributed by atoms with Crippen LogP contribution in [-0.4, -0.2) is 18.6 Å². The predicted molar refractivity (Wildman–Crippen MR) is 53.2 cm³/mol. The van der Waals surface area contributed by atoms with E-state index in [0.29, 0.717) is 5.54 Å². The third-order valence-electron chi connectivity index (χ3n) is 2.95. The maximum atomic E-state index is 5.82. The maximum absolute atomic E-state index is 5.82. The minimum atomic E-state index is 0.300. The normalized spacial score (nSPS) is 22.5.